The molecule has 1 rings (SSSR count). The van der Waals surface area contributed by atoms with Crippen LogP contribution in [0.5, 0.6) is 0 Å². The summed E-state index contributed by atoms with van der Waals surface area (Å²) in [5, 5.41) is 0. The topological polar surface area (TPSA) is 12.8 Å². The Kier molecular flexibility index (Phi) is 6.00. The molecule has 1 heterocycles. The van der Waals surface area contributed by atoms with Crippen LogP contribution in [0.4, 0.5) is 0 Å². The van der Waals surface area contributed by atoms with E-state index in [9.17, 15) is 0 Å². The Morgan fingerprint density at radius 1 is 0.857 bits per heavy atom. The van der Waals surface area contributed by atoms with Gasteiger partial charge in [-0.3, -0.25) is 0 Å². The van der Waals surface area contributed by atoms with Crippen LogP contribution in [0, 0.1) is 0 Å². The third kappa shape index (κ3) is 3.63. The third-order valence-electron chi connectivity index (χ3n) is 1.13. The smallest absolute Gasteiger partial charge is 0.434 e. The Morgan fingerprint density at radius 2 is 1.43 bits per heavy atom. The second-order valence-electron chi connectivity index (χ2n) is 1.73. The summed E-state index contributed by atoms with van der Waals surface area (Å²) in [6.07, 6.45) is 4.07. The largest absolute Gasteiger partial charge is 3.00 e. The van der Waals surface area contributed by atoms with E-state index >= 15 is 0 Å². The van der Waals surface area contributed by atoms with Crippen LogP contribution in [0.1, 0.15) is 19.3 Å². The Balaban J connectivity index is 0.000000360. The molecule has 36 valence electrons. The molecule has 0 radical (unpaired) electrons. The molecular weight excluding hydrogens is 165 g/mol. The summed E-state index contributed by atoms with van der Waals surface area (Å²) in [5.41, 5.74) is 0. The zero-order chi connectivity index (χ0) is 4.24. The fraction of sp³-hybridized carbons (Fsp3) is 1.00. The van der Waals surface area contributed by atoms with E-state index in [2.05, 4.69) is 4.74 Å². The maximum atomic E-state index is 4.18. The number of rotatable bonds is 0. The first-order chi connectivity index (χ1) is 3.00. The molecule has 1 N–H and O–H groups in total. The van der Waals surface area contributed by atoms with Crippen molar-refractivity contribution in [3.05, 3.63) is 0 Å². The molecular formula is C5H11OY+4. The molecule has 1 nitrogen and oxygen atoms in total. The predicted molar refractivity (Wildman–Crippen MR) is 25.8 cm³/mol. The molecule has 1 aliphatic heterocycles. The number of aliphatic hydroxyl groups is 2. The van der Waals surface area contributed by atoms with Gasteiger partial charge in [0.15, 0.2) is 0 Å². The van der Waals surface area contributed by atoms with Crippen molar-refractivity contribution in [1.82, 2.24) is 0 Å². The molecule has 0 aromatic heterocycles. The Bertz CT molecular complexity index is 23.6. The van der Waals surface area contributed by atoms with Gasteiger partial charge in [-0.15, -0.1) is 0 Å². The van der Waals surface area contributed by atoms with Gasteiger partial charge in [-0.2, -0.15) is 0 Å². The van der Waals surface area contributed by atoms with Gasteiger partial charge in [0.1, 0.15) is 13.2 Å². The minimum Gasteiger partial charge on any atom is -0.434 e. The average molecular weight is 176 g/mol. The van der Waals surface area contributed by atoms with E-state index in [-0.39, 0.29) is 32.7 Å². The van der Waals surface area contributed by atoms with Gasteiger partial charge in [-0.1, -0.05) is 0 Å². The van der Waals surface area contributed by atoms with Crippen LogP contribution < -0.4 is 0 Å². The molecule has 0 atom stereocenters. The van der Waals surface area contributed by atoms with Crippen LogP contribution in [0.25, 0.3) is 0 Å². The zero-order valence-corrected chi connectivity index (χ0v) is 7.40. The van der Waals surface area contributed by atoms with Crippen LogP contribution >= 0.6 is 0 Å². The second kappa shape index (κ2) is 5.21. The van der Waals surface area contributed by atoms with Crippen molar-refractivity contribution >= 4 is 0 Å². The van der Waals surface area contributed by atoms with Gasteiger partial charge in [0.05, 0.1) is 0 Å². The van der Waals surface area contributed by atoms with Gasteiger partial charge in [0.25, 0.3) is 0 Å². The van der Waals surface area contributed by atoms with Crippen molar-refractivity contribution in [2.75, 3.05) is 13.2 Å². The molecule has 1 saturated heterocycles. The van der Waals surface area contributed by atoms with Crippen LogP contribution in [-0.4, -0.2) is 18.0 Å². The minimum absolute atomic E-state index is 0. The van der Waals surface area contributed by atoms with Gasteiger partial charge < -0.3 is 4.74 Å². The first-order valence-corrected chi connectivity index (χ1v) is 2.63. The first-order valence-electron chi connectivity index (χ1n) is 2.63. The Morgan fingerprint density at radius 3 is 1.57 bits per heavy atom. The Labute approximate surface area is 69.7 Å². The van der Waals surface area contributed by atoms with E-state index in [0.717, 1.165) is 13.2 Å². The van der Waals surface area contributed by atoms with Crippen molar-refractivity contribution in [2.45, 2.75) is 19.3 Å². The minimum atomic E-state index is 0. The summed E-state index contributed by atoms with van der Waals surface area (Å²) >= 11 is 0. The molecule has 0 amide bonds. The van der Waals surface area contributed by atoms with Crippen LogP contribution in [-0.2, 0) is 32.7 Å². The Hall–Kier alpha value is 1.06. The fourth-order valence-corrected chi connectivity index (χ4v) is 0.736. The molecule has 1 fully saturated rings. The average Bonchev–Trinajstić information content (AvgIpc) is 1.72. The first kappa shape index (κ1) is 8.06. The van der Waals surface area contributed by atoms with Crippen molar-refractivity contribution in [3.8, 4) is 0 Å². The molecule has 0 aromatic carbocycles. The fourth-order valence-electron chi connectivity index (χ4n) is 0.736. The van der Waals surface area contributed by atoms with E-state index in [0.29, 0.717) is 0 Å². The zero-order valence-electron chi connectivity index (χ0n) is 4.56. The summed E-state index contributed by atoms with van der Waals surface area (Å²) < 4.78 is 4.18. The maximum Gasteiger partial charge on any atom is 3.00 e. The molecule has 0 spiro atoms. The molecule has 1 aliphatic rings. The molecule has 7 heavy (non-hydrogen) atoms. The summed E-state index contributed by atoms with van der Waals surface area (Å²) in [6.45, 7) is 2.25. The monoisotopic (exact) mass is 176 g/mol. The van der Waals surface area contributed by atoms with Gasteiger partial charge >= 0.3 is 32.7 Å². The van der Waals surface area contributed by atoms with Crippen LogP contribution in [0.3, 0.4) is 0 Å². The van der Waals surface area contributed by atoms with Crippen molar-refractivity contribution in [3.63, 3.8) is 0 Å². The van der Waals surface area contributed by atoms with E-state index < -0.39 is 0 Å². The molecule has 0 saturated carbocycles. The van der Waals surface area contributed by atoms with Gasteiger partial charge in [0.2, 0.25) is 0 Å². The van der Waals surface area contributed by atoms with E-state index in [1.54, 1.807) is 0 Å². The van der Waals surface area contributed by atoms with Gasteiger partial charge in [0, 0.05) is 12.8 Å². The molecule has 0 aliphatic carbocycles. The quantitative estimate of drug-likeness (QED) is 0.482. The number of hydrogen-bond donors (Lipinski definition) is 0. The number of ether oxygens (including phenoxy) is 1. The van der Waals surface area contributed by atoms with Crippen molar-refractivity contribution in [1.29, 1.82) is 0 Å². The molecule has 0 aromatic rings. The van der Waals surface area contributed by atoms with E-state index in [1.807, 2.05) is 0 Å². The van der Waals surface area contributed by atoms with Crippen molar-refractivity contribution < 1.29 is 37.4 Å². The standard InChI is InChI=1S/C5H10O.Y/c1-2-4-6-5-3-1;/h1-5H2;/q;+3/p+1. The third-order valence-corrected chi connectivity index (χ3v) is 1.13. The van der Waals surface area contributed by atoms with Crippen LogP contribution in [0.2, 0.25) is 0 Å². The molecule has 2 heteroatoms. The summed E-state index contributed by atoms with van der Waals surface area (Å²) in [5.74, 6) is 0. The van der Waals surface area contributed by atoms with E-state index in [4.69, 9.17) is 0 Å². The normalized spacial score (nSPS) is 20.6. The summed E-state index contributed by atoms with van der Waals surface area (Å²) in [6, 6.07) is 0. The van der Waals surface area contributed by atoms with Gasteiger partial charge in [-0.25, -0.2) is 0 Å². The molecule has 0 unspecified atom stereocenters. The van der Waals surface area contributed by atoms with Crippen molar-refractivity contribution in [2.24, 2.45) is 0 Å². The van der Waals surface area contributed by atoms with E-state index in [1.165, 1.54) is 19.3 Å². The maximum absolute atomic E-state index is 4.18. The molecule has 0 bridgehead atoms. The number of hydrogen-bond acceptors (Lipinski definition) is 0. The summed E-state index contributed by atoms with van der Waals surface area (Å²) in [7, 11) is 0. The van der Waals surface area contributed by atoms with Crippen LogP contribution in [0.15, 0.2) is 0 Å². The van der Waals surface area contributed by atoms with Gasteiger partial charge in [-0.05, 0) is 6.42 Å². The SMILES string of the molecule is C1CC[OH+]CC1.[Y+3]. The second-order valence-corrected chi connectivity index (χ2v) is 1.73. The predicted octanol–water partition coefficient (Wildman–Crippen LogP) is 0.696. The summed E-state index contributed by atoms with van der Waals surface area (Å²) in [4.78, 5) is 0.